The zero-order chi connectivity index (χ0) is 26.5. The van der Waals surface area contributed by atoms with Gasteiger partial charge in [-0.3, -0.25) is 9.59 Å². The Morgan fingerprint density at radius 3 is 2.46 bits per heavy atom. The summed E-state index contributed by atoms with van der Waals surface area (Å²) in [4.78, 5) is 46.5. The third-order valence-electron chi connectivity index (χ3n) is 6.42. The summed E-state index contributed by atoms with van der Waals surface area (Å²) in [5.41, 5.74) is 5.88. The number of anilines is 1. The minimum atomic E-state index is -1.67. The van der Waals surface area contributed by atoms with Gasteiger partial charge in [-0.25, -0.2) is 4.79 Å². The molecule has 2 aliphatic rings. The molecule has 0 saturated heterocycles. The van der Waals surface area contributed by atoms with Crippen LogP contribution in [0.15, 0.2) is 70.3 Å². The van der Waals surface area contributed by atoms with Gasteiger partial charge in [0.1, 0.15) is 24.4 Å². The van der Waals surface area contributed by atoms with Crippen LogP contribution in [0.25, 0.3) is 11.3 Å². The fourth-order valence-electron chi connectivity index (χ4n) is 4.98. The van der Waals surface area contributed by atoms with Crippen molar-refractivity contribution in [2.24, 2.45) is 0 Å². The summed E-state index contributed by atoms with van der Waals surface area (Å²) >= 11 is 0. The number of carbonyl (C=O) groups is 3. The van der Waals surface area contributed by atoms with Gasteiger partial charge in [0.05, 0.1) is 5.57 Å². The van der Waals surface area contributed by atoms with Crippen LogP contribution < -0.4 is 5.73 Å². The number of nitrogen functional groups attached to an aromatic ring is 1. The molecule has 1 aliphatic heterocycles. The van der Waals surface area contributed by atoms with Gasteiger partial charge in [-0.2, -0.15) is 4.98 Å². The molecule has 0 unspecified atom stereocenters. The maximum atomic E-state index is 14.3. The predicted octanol–water partition coefficient (Wildman–Crippen LogP) is 3.72. The number of nitrogens with two attached hydrogens (primary N) is 1. The topological polar surface area (TPSA) is 125 Å². The molecule has 1 aliphatic carbocycles. The first kappa shape index (κ1) is 24.3. The number of fused-ring (bicyclic) bond motifs is 5. The third-order valence-corrected chi connectivity index (χ3v) is 6.42. The SMILES string of the molecule is CC1=C(C(=O)OC(C)(C)C)[C@@]2(C(=O)N1CC(=O)OCc1ccccc1)c1ccccc1-c1oc(N)nc12. The van der Waals surface area contributed by atoms with E-state index in [-0.39, 0.29) is 29.6 Å². The summed E-state index contributed by atoms with van der Waals surface area (Å²) in [6.45, 7) is 6.50. The zero-order valence-corrected chi connectivity index (χ0v) is 21.0. The van der Waals surface area contributed by atoms with Gasteiger partial charge in [0.2, 0.25) is 5.91 Å². The van der Waals surface area contributed by atoms with E-state index in [2.05, 4.69) is 4.98 Å². The molecule has 37 heavy (non-hydrogen) atoms. The second-order valence-corrected chi connectivity index (χ2v) is 10.0. The van der Waals surface area contributed by atoms with E-state index in [9.17, 15) is 14.4 Å². The molecule has 1 amide bonds. The lowest BCUT2D eigenvalue weighted by atomic mass is 9.74. The van der Waals surface area contributed by atoms with Crippen molar-refractivity contribution in [1.82, 2.24) is 9.88 Å². The number of oxazole rings is 1. The predicted molar refractivity (Wildman–Crippen MR) is 134 cm³/mol. The van der Waals surface area contributed by atoms with Crippen LogP contribution >= 0.6 is 0 Å². The average Bonchev–Trinajstić information content (AvgIpc) is 3.42. The van der Waals surface area contributed by atoms with Crippen molar-refractivity contribution < 1.29 is 28.3 Å². The molecule has 9 heteroatoms. The van der Waals surface area contributed by atoms with Crippen LogP contribution in [0.2, 0.25) is 0 Å². The monoisotopic (exact) mass is 501 g/mol. The summed E-state index contributed by atoms with van der Waals surface area (Å²) in [6, 6.07) is 16.2. The van der Waals surface area contributed by atoms with Gasteiger partial charge < -0.3 is 24.5 Å². The van der Waals surface area contributed by atoms with Gasteiger partial charge in [-0.05, 0) is 38.8 Å². The highest BCUT2D eigenvalue weighted by atomic mass is 16.6. The number of carbonyl (C=O) groups excluding carboxylic acids is 3. The number of benzene rings is 2. The fraction of sp³-hybridized carbons (Fsp3) is 0.286. The molecule has 2 heterocycles. The van der Waals surface area contributed by atoms with E-state index in [0.717, 1.165) is 5.56 Å². The van der Waals surface area contributed by atoms with Crippen molar-refractivity contribution in [3.05, 3.63) is 82.7 Å². The molecule has 0 fully saturated rings. The average molecular weight is 502 g/mol. The van der Waals surface area contributed by atoms with Gasteiger partial charge in [0.25, 0.3) is 6.01 Å². The zero-order valence-electron chi connectivity index (χ0n) is 21.0. The second kappa shape index (κ2) is 8.62. The van der Waals surface area contributed by atoms with Crippen LogP contribution in [0, 0.1) is 0 Å². The lowest BCUT2D eigenvalue weighted by Gasteiger charge is -2.28. The van der Waals surface area contributed by atoms with Gasteiger partial charge in [-0.15, -0.1) is 0 Å². The molecule has 3 aromatic rings. The highest BCUT2D eigenvalue weighted by Gasteiger charge is 2.64. The molecule has 9 nitrogen and oxygen atoms in total. The van der Waals surface area contributed by atoms with E-state index < -0.39 is 35.4 Å². The number of hydrogen-bond donors (Lipinski definition) is 1. The van der Waals surface area contributed by atoms with Gasteiger partial charge in [0.15, 0.2) is 11.2 Å². The van der Waals surface area contributed by atoms with Crippen molar-refractivity contribution in [2.75, 3.05) is 12.3 Å². The molecule has 1 atom stereocenters. The lowest BCUT2D eigenvalue weighted by Crippen LogP contribution is -2.44. The Morgan fingerprint density at radius 2 is 1.76 bits per heavy atom. The molecule has 2 aromatic carbocycles. The molecular weight excluding hydrogens is 474 g/mol. The highest BCUT2D eigenvalue weighted by Crippen LogP contribution is 2.57. The van der Waals surface area contributed by atoms with Crippen LogP contribution in [0.1, 0.15) is 44.5 Å². The van der Waals surface area contributed by atoms with E-state index in [1.54, 1.807) is 52.0 Å². The van der Waals surface area contributed by atoms with Crippen molar-refractivity contribution in [1.29, 1.82) is 0 Å². The molecule has 2 N–H and O–H groups in total. The van der Waals surface area contributed by atoms with Gasteiger partial charge in [-0.1, -0.05) is 54.6 Å². The number of allylic oxidation sites excluding steroid dienone is 1. The number of ether oxygens (including phenoxy) is 2. The summed E-state index contributed by atoms with van der Waals surface area (Å²) in [5.74, 6) is -1.53. The van der Waals surface area contributed by atoms with Gasteiger partial charge in [0, 0.05) is 11.3 Å². The summed E-state index contributed by atoms with van der Waals surface area (Å²) in [5, 5.41) is 0. The molecule has 190 valence electrons. The maximum Gasteiger partial charge on any atom is 0.338 e. The fourth-order valence-corrected chi connectivity index (χ4v) is 4.98. The first-order chi connectivity index (χ1) is 17.5. The van der Waals surface area contributed by atoms with Crippen LogP contribution in [0.4, 0.5) is 6.01 Å². The summed E-state index contributed by atoms with van der Waals surface area (Å²) in [6.07, 6.45) is 0. The first-order valence-corrected chi connectivity index (χ1v) is 11.9. The van der Waals surface area contributed by atoms with E-state index in [0.29, 0.717) is 16.9 Å². The normalized spacial score (nSPS) is 18.3. The Bertz CT molecular complexity index is 1450. The number of esters is 2. The number of amides is 1. The molecule has 0 radical (unpaired) electrons. The number of aromatic nitrogens is 1. The highest BCUT2D eigenvalue weighted by molar-refractivity contribution is 6.14. The van der Waals surface area contributed by atoms with E-state index in [4.69, 9.17) is 19.6 Å². The minimum Gasteiger partial charge on any atom is -0.459 e. The Morgan fingerprint density at radius 1 is 1.08 bits per heavy atom. The number of hydrogen-bond acceptors (Lipinski definition) is 8. The molecule has 5 rings (SSSR count). The number of nitrogens with zero attached hydrogens (tertiary/aromatic N) is 2. The van der Waals surface area contributed by atoms with Crippen molar-refractivity contribution >= 4 is 23.9 Å². The number of rotatable bonds is 5. The second-order valence-electron chi connectivity index (χ2n) is 10.0. The Labute approximate surface area is 213 Å². The van der Waals surface area contributed by atoms with Crippen molar-refractivity contribution in [3.63, 3.8) is 0 Å². The van der Waals surface area contributed by atoms with Crippen LogP contribution in [-0.2, 0) is 35.9 Å². The first-order valence-electron chi connectivity index (χ1n) is 11.9. The summed E-state index contributed by atoms with van der Waals surface area (Å²) < 4.78 is 16.9. The van der Waals surface area contributed by atoms with Crippen LogP contribution in [-0.4, -0.2) is 39.9 Å². The van der Waals surface area contributed by atoms with E-state index in [1.807, 2.05) is 30.3 Å². The Balaban J connectivity index is 1.59. The quantitative estimate of drug-likeness (QED) is 0.525. The smallest absolute Gasteiger partial charge is 0.338 e. The lowest BCUT2D eigenvalue weighted by molar-refractivity contribution is -0.151. The minimum absolute atomic E-state index is 0.0569. The van der Waals surface area contributed by atoms with Crippen molar-refractivity contribution in [2.45, 2.75) is 45.3 Å². The Hall–Kier alpha value is -4.40. The molecule has 1 aromatic heterocycles. The molecule has 0 saturated carbocycles. The molecular formula is C28H27N3O6. The van der Waals surface area contributed by atoms with Crippen LogP contribution in [0.5, 0.6) is 0 Å². The van der Waals surface area contributed by atoms with E-state index in [1.165, 1.54) is 4.90 Å². The standard InChI is InChI=1S/C28H27N3O6/c1-16-21(24(33)37-27(2,3)4)28(19-13-9-8-12-18(19)22-23(28)30-26(29)36-22)25(34)31(16)14-20(32)35-15-17-10-6-5-7-11-17/h5-13H,14-15H2,1-4H3,(H2,29,30)/t28-/m0/s1. The summed E-state index contributed by atoms with van der Waals surface area (Å²) in [7, 11) is 0. The van der Waals surface area contributed by atoms with Gasteiger partial charge >= 0.3 is 11.9 Å². The maximum absolute atomic E-state index is 14.3. The van der Waals surface area contributed by atoms with Crippen molar-refractivity contribution in [3.8, 4) is 11.3 Å². The Kier molecular flexibility index (Phi) is 5.66. The van der Waals surface area contributed by atoms with Crippen LogP contribution in [0.3, 0.4) is 0 Å². The molecule has 1 spiro atoms. The van der Waals surface area contributed by atoms with E-state index >= 15 is 0 Å². The largest absolute Gasteiger partial charge is 0.459 e. The third kappa shape index (κ3) is 3.87. The molecule has 0 bridgehead atoms.